The lowest BCUT2D eigenvalue weighted by Crippen LogP contribution is -2.42. The molecule has 2 atom stereocenters. The third-order valence-corrected chi connectivity index (χ3v) is 2.94. The summed E-state index contributed by atoms with van der Waals surface area (Å²) in [4.78, 5) is 4.54. The fourth-order valence-corrected chi connectivity index (χ4v) is 1.94. The molecule has 0 aromatic heterocycles. The molecule has 0 aliphatic rings. The summed E-state index contributed by atoms with van der Waals surface area (Å²) in [5.41, 5.74) is 0. The van der Waals surface area contributed by atoms with E-state index in [9.17, 15) is 0 Å². The molecule has 0 saturated heterocycles. The van der Waals surface area contributed by atoms with Gasteiger partial charge in [0.15, 0.2) is 0 Å². The summed E-state index contributed by atoms with van der Waals surface area (Å²) >= 11 is 0. The Bertz CT molecular complexity index is 175. The number of ether oxygens (including phenoxy) is 1. The highest BCUT2D eigenvalue weighted by molar-refractivity contribution is 4.61. The minimum Gasteiger partial charge on any atom is -0.345 e. The van der Waals surface area contributed by atoms with E-state index >= 15 is 0 Å². The van der Waals surface area contributed by atoms with E-state index < -0.39 is 0 Å². The molecule has 17 heavy (non-hydrogen) atoms. The molecule has 3 heteroatoms. The van der Waals surface area contributed by atoms with Crippen LogP contribution in [0.4, 0.5) is 0 Å². The van der Waals surface area contributed by atoms with Crippen LogP contribution >= 0.6 is 0 Å². The van der Waals surface area contributed by atoms with E-state index in [4.69, 9.17) is 4.74 Å². The maximum absolute atomic E-state index is 6.03. The van der Waals surface area contributed by atoms with Gasteiger partial charge in [-0.15, -0.1) is 0 Å². The van der Waals surface area contributed by atoms with Gasteiger partial charge in [0, 0.05) is 13.1 Å². The van der Waals surface area contributed by atoms with Crippen LogP contribution in [0.2, 0.25) is 0 Å². The Balaban J connectivity index is 4.05. The highest BCUT2D eigenvalue weighted by atomic mass is 16.5. The average Bonchev–Trinajstić information content (AvgIpc) is 2.15. The second-order valence-electron chi connectivity index (χ2n) is 6.00. The van der Waals surface area contributed by atoms with Crippen molar-refractivity contribution in [2.45, 2.75) is 54.0 Å². The quantitative estimate of drug-likeness (QED) is 0.611. The minimum absolute atomic E-state index is 0.169. The van der Waals surface area contributed by atoms with Gasteiger partial charge in [0.05, 0.1) is 0 Å². The van der Waals surface area contributed by atoms with Crippen LogP contribution in [0.5, 0.6) is 0 Å². The second-order valence-corrected chi connectivity index (χ2v) is 6.00. The molecule has 0 aliphatic heterocycles. The monoisotopic (exact) mass is 244 g/mol. The smallest absolute Gasteiger partial charge is 0.109 e. The Hall–Kier alpha value is -0.120. The number of hydrogen-bond acceptors (Lipinski definition) is 3. The van der Waals surface area contributed by atoms with E-state index in [1.54, 1.807) is 0 Å². The largest absolute Gasteiger partial charge is 0.345 e. The third-order valence-electron chi connectivity index (χ3n) is 2.94. The maximum Gasteiger partial charge on any atom is 0.109 e. The molecule has 0 bridgehead atoms. The predicted molar refractivity (Wildman–Crippen MR) is 74.9 cm³/mol. The molecule has 0 fully saturated rings. The van der Waals surface area contributed by atoms with Crippen molar-refractivity contribution in [3.63, 3.8) is 0 Å². The Morgan fingerprint density at radius 2 is 1.00 bits per heavy atom. The summed E-state index contributed by atoms with van der Waals surface area (Å²) in [7, 11) is 4.25. The molecule has 3 nitrogen and oxygen atoms in total. The molecule has 104 valence electrons. The average molecular weight is 244 g/mol. The molecule has 0 N–H and O–H groups in total. The normalized spacial score (nSPS) is 16.2. The van der Waals surface area contributed by atoms with E-state index in [1.807, 2.05) is 0 Å². The van der Waals surface area contributed by atoms with Crippen LogP contribution in [0.1, 0.15) is 41.5 Å². The molecule has 0 heterocycles. The van der Waals surface area contributed by atoms with Crippen LogP contribution in [0.15, 0.2) is 0 Å². The van der Waals surface area contributed by atoms with Crippen LogP contribution in [0.3, 0.4) is 0 Å². The van der Waals surface area contributed by atoms with E-state index in [0.29, 0.717) is 11.8 Å². The molecule has 0 radical (unpaired) electrons. The first-order chi connectivity index (χ1) is 7.73. The molecule has 0 spiro atoms. The van der Waals surface area contributed by atoms with Crippen molar-refractivity contribution >= 4 is 0 Å². The Morgan fingerprint density at radius 1 is 0.706 bits per heavy atom. The molecule has 0 aromatic carbocycles. The Kier molecular flexibility index (Phi) is 8.01. The Morgan fingerprint density at radius 3 is 1.24 bits per heavy atom. The second kappa shape index (κ2) is 8.06. The van der Waals surface area contributed by atoms with Gasteiger partial charge in [-0.1, -0.05) is 27.7 Å². The summed E-state index contributed by atoms with van der Waals surface area (Å²) in [5, 5.41) is 0. The number of hydrogen-bond donors (Lipinski definition) is 0. The van der Waals surface area contributed by atoms with Crippen LogP contribution in [0, 0.1) is 11.8 Å². The number of nitrogens with zero attached hydrogens (tertiary/aromatic N) is 2. The van der Waals surface area contributed by atoms with Gasteiger partial charge in [-0.2, -0.15) is 0 Å². The molecule has 0 saturated carbocycles. The van der Waals surface area contributed by atoms with Gasteiger partial charge in [-0.25, -0.2) is 0 Å². The van der Waals surface area contributed by atoms with Crippen LogP contribution in [0.25, 0.3) is 0 Å². The standard InChI is InChI=1S/C14H32N2O/c1-11(2)9-15(7)13(5)17-14(6)16(8)10-12(3)4/h11-14H,9-10H2,1-8H3. The van der Waals surface area contributed by atoms with Gasteiger partial charge >= 0.3 is 0 Å². The molecular formula is C14H32N2O. The van der Waals surface area contributed by atoms with Gasteiger partial charge in [0.2, 0.25) is 0 Å². The highest BCUT2D eigenvalue weighted by Crippen LogP contribution is 2.09. The minimum atomic E-state index is 0.169. The van der Waals surface area contributed by atoms with Crippen molar-refractivity contribution in [1.82, 2.24) is 9.80 Å². The topological polar surface area (TPSA) is 15.7 Å². The van der Waals surface area contributed by atoms with Crippen LogP contribution in [-0.4, -0.2) is 49.4 Å². The fourth-order valence-electron chi connectivity index (χ4n) is 1.94. The lowest BCUT2D eigenvalue weighted by atomic mass is 10.2. The van der Waals surface area contributed by atoms with Gasteiger partial charge < -0.3 is 4.74 Å². The van der Waals surface area contributed by atoms with Gasteiger partial charge in [-0.05, 0) is 39.8 Å². The molecule has 0 aliphatic carbocycles. The molecule has 0 amide bonds. The Labute approximate surface area is 108 Å². The highest BCUT2D eigenvalue weighted by Gasteiger charge is 2.17. The summed E-state index contributed by atoms with van der Waals surface area (Å²) in [5.74, 6) is 1.35. The lowest BCUT2D eigenvalue weighted by molar-refractivity contribution is -0.130. The van der Waals surface area contributed by atoms with Crippen molar-refractivity contribution in [3.05, 3.63) is 0 Å². The van der Waals surface area contributed by atoms with E-state index in [2.05, 4.69) is 65.4 Å². The van der Waals surface area contributed by atoms with E-state index in [1.165, 1.54) is 0 Å². The SMILES string of the molecule is CC(C)CN(C)C(C)OC(C)N(C)CC(C)C. The molecular weight excluding hydrogens is 212 g/mol. The first-order valence-corrected chi connectivity index (χ1v) is 6.80. The maximum atomic E-state index is 6.03. The van der Waals surface area contributed by atoms with Crippen molar-refractivity contribution < 1.29 is 4.74 Å². The molecule has 2 unspecified atom stereocenters. The van der Waals surface area contributed by atoms with E-state index in [-0.39, 0.29) is 12.5 Å². The van der Waals surface area contributed by atoms with Gasteiger partial charge in [0.25, 0.3) is 0 Å². The third kappa shape index (κ3) is 7.74. The zero-order chi connectivity index (χ0) is 13.6. The number of rotatable bonds is 8. The van der Waals surface area contributed by atoms with Crippen molar-refractivity contribution in [2.75, 3.05) is 27.2 Å². The summed E-state index contributed by atoms with van der Waals surface area (Å²) in [6.07, 6.45) is 0.337. The summed E-state index contributed by atoms with van der Waals surface area (Å²) in [6, 6.07) is 0. The lowest BCUT2D eigenvalue weighted by Gasteiger charge is -2.33. The van der Waals surface area contributed by atoms with Gasteiger partial charge in [0.1, 0.15) is 12.5 Å². The zero-order valence-corrected chi connectivity index (χ0v) is 13.0. The van der Waals surface area contributed by atoms with Crippen LogP contribution < -0.4 is 0 Å². The first kappa shape index (κ1) is 16.9. The van der Waals surface area contributed by atoms with Crippen LogP contribution in [-0.2, 0) is 4.74 Å². The summed E-state index contributed by atoms with van der Waals surface area (Å²) in [6.45, 7) is 15.3. The van der Waals surface area contributed by atoms with Crippen molar-refractivity contribution in [1.29, 1.82) is 0 Å². The predicted octanol–water partition coefficient (Wildman–Crippen LogP) is 2.87. The van der Waals surface area contributed by atoms with Crippen molar-refractivity contribution in [2.24, 2.45) is 11.8 Å². The molecule has 0 rings (SSSR count). The molecule has 0 aromatic rings. The first-order valence-electron chi connectivity index (χ1n) is 6.80. The fraction of sp³-hybridized carbons (Fsp3) is 1.00. The van der Waals surface area contributed by atoms with E-state index in [0.717, 1.165) is 13.1 Å². The van der Waals surface area contributed by atoms with Crippen molar-refractivity contribution in [3.8, 4) is 0 Å². The zero-order valence-electron chi connectivity index (χ0n) is 13.0. The summed E-state index contributed by atoms with van der Waals surface area (Å²) < 4.78 is 6.03. The van der Waals surface area contributed by atoms with Gasteiger partial charge in [-0.3, -0.25) is 9.80 Å².